The summed E-state index contributed by atoms with van der Waals surface area (Å²) in [5, 5.41) is 10.2. The van der Waals surface area contributed by atoms with Crippen molar-refractivity contribution in [1.82, 2.24) is 9.21 Å². The Morgan fingerprint density at radius 2 is 1.39 bits per heavy atom. The minimum Gasteiger partial charge on any atom is -0.395 e. The first-order valence-corrected chi connectivity index (χ1v) is 13.1. The monoisotopic (exact) mass is 462 g/mol. The third-order valence-corrected chi connectivity index (χ3v) is 9.00. The Morgan fingerprint density at radius 1 is 0.788 bits per heavy atom. The molecule has 3 atom stereocenters. The fourth-order valence-electron chi connectivity index (χ4n) is 5.40. The average molecular weight is 463 g/mol. The summed E-state index contributed by atoms with van der Waals surface area (Å²) in [6.45, 7) is 1.95. The molecular formula is C27H30N2O3S. The third-order valence-electron chi connectivity index (χ3n) is 7.12. The van der Waals surface area contributed by atoms with Crippen LogP contribution in [0.3, 0.4) is 0 Å². The molecule has 0 aliphatic carbocycles. The SMILES string of the molecule is O=S(=O)(c1ccccc1)N1CCCCN2[C@@H](CO)[C@@H](c3ccc(-c4ccccc4)cc3)[C@@H]2C1. The number of hydrogen-bond acceptors (Lipinski definition) is 4. The molecule has 33 heavy (non-hydrogen) atoms. The average Bonchev–Trinajstić information content (AvgIpc) is 2.84. The fraction of sp³-hybridized carbons (Fsp3) is 0.333. The van der Waals surface area contributed by atoms with Gasteiger partial charge in [0.25, 0.3) is 0 Å². The molecule has 2 fully saturated rings. The number of hydrogen-bond donors (Lipinski definition) is 1. The van der Waals surface area contributed by atoms with Gasteiger partial charge in [-0.25, -0.2) is 8.42 Å². The predicted molar refractivity (Wildman–Crippen MR) is 130 cm³/mol. The lowest BCUT2D eigenvalue weighted by Gasteiger charge is -2.57. The van der Waals surface area contributed by atoms with Crippen molar-refractivity contribution in [2.75, 3.05) is 26.2 Å². The van der Waals surface area contributed by atoms with E-state index in [2.05, 4.69) is 41.3 Å². The van der Waals surface area contributed by atoms with Gasteiger partial charge < -0.3 is 5.11 Å². The minimum atomic E-state index is -3.55. The molecule has 2 saturated heterocycles. The van der Waals surface area contributed by atoms with Crippen molar-refractivity contribution in [3.8, 4) is 11.1 Å². The standard InChI is InChI=1S/C27H30N2O3S/c30-20-26-27(23-15-13-22(14-16-23)21-9-3-1-4-10-21)25-19-28(17-7-8-18-29(25)26)33(31,32)24-11-5-2-6-12-24/h1-6,9-16,25-27,30H,7-8,17-20H2/t25-,26-,27-/m0/s1. The van der Waals surface area contributed by atoms with Crippen LogP contribution in [0.25, 0.3) is 11.1 Å². The summed E-state index contributed by atoms with van der Waals surface area (Å²) in [7, 11) is -3.55. The number of aliphatic hydroxyl groups excluding tert-OH is 1. The van der Waals surface area contributed by atoms with E-state index < -0.39 is 10.0 Å². The molecule has 172 valence electrons. The molecule has 3 aromatic carbocycles. The number of aliphatic hydroxyl groups is 1. The molecule has 0 radical (unpaired) electrons. The predicted octanol–water partition coefficient (Wildman–Crippen LogP) is 3.97. The molecule has 0 saturated carbocycles. The number of fused-ring (bicyclic) bond motifs is 1. The van der Waals surface area contributed by atoms with Crippen molar-refractivity contribution in [3.63, 3.8) is 0 Å². The van der Waals surface area contributed by atoms with E-state index in [9.17, 15) is 13.5 Å². The molecule has 2 aliphatic rings. The highest BCUT2D eigenvalue weighted by Gasteiger charge is 2.50. The lowest BCUT2D eigenvalue weighted by molar-refractivity contribution is -0.0553. The van der Waals surface area contributed by atoms with Crippen LogP contribution in [0.15, 0.2) is 89.8 Å². The molecule has 5 nitrogen and oxygen atoms in total. The number of nitrogens with zero attached hydrogens (tertiary/aromatic N) is 2. The zero-order valence-corrected chi connectivity index (χ0v) is 19.4. The smallest absolute Gasteiger partial charge is 0.243 e. The van der Waals surface area contributed by atoms with Gasteiger partial charge in [-0.05, 0) is 48.2 Å². The van der Waals surface area contributed by atoms with E-state index in [0.29, 0.717) is 18.0 Å². The molecule has 1 N–H and O–H groups in total. The van der Waals surface area contributed by atoms with Gasteiger partial charge in [0.05, 0.1) is 11.5 Å². The molecule has 3 aromatic rings. The summed E-state index contributed by atoms with van der Waals surface area (Å²) in [6.07, 6.45) is 1.75. The minimum absolute atomic E-state index is 0.0250. The van der Waals surface area contributed by atoms with Crippen LogP contribution in [0.2, 0.25) is 0 Å². The highest BCUT2D eigenvalue weighted by Crippen LogP contribution is 2.43. The van der Waals surface area contributed by atoms with Gasteiger partial charge in [-0.2, -0.15) is 4.31 Å². The van der Waals surface area contributed by atoms with Crippen molar-refractivity contribution in [2.24, 2.45) is 0 Å². The highest BCUT2D eigenvalue weighted by molar-refractivity contribution is 7.89. The molecular weight excluding hydrogens is 432 g/mol. The van der Waals surface area contributed by atoms with Gasteiger partial charge in [0.1, 0.15) is 0 Å². The van der Waals surface area contributed by atoms with E-state index in [0.717, 1.165) is 30.5 Å². The Morgan fingerprint density at radius 3 is 2.06 bits per heavy atom. The first kappa shape index (κ1) is 22.3. The highest BCUT2D eigenvalue weighted by atomic mass is 32.2. The largest absolute Gasteiger partial charge is 0.395 e. The Kier molecular flexibility index (Phi) is 6.34. The van der Waals surface area contributed by atoms with E-state index in [1.54, 1.807) is 28.6 Å². The van der Waals surface area contributed by atoms with Gasteiger partial charge in [-0.3, -0.25) is 4.90 Å². The van der Waals surface area contributed by atoms with Crippen LogP contribution in [0, 0.1) is 0 Å². The second-order valence-electron chi connectivity index (χ2n) is 8.95. The van der Waals surface area contributed by atoms with Crippen LogP contribution in [-0.4, -0.2) is 61.1 Å². The topological polar surface area (TPSA) is 60.9 Å². The summed E-state index contributed by atoms with van der Waals surface area (Å²) in [5.41, 5.74) is 3.48. The van der Waals surface area contributed by atoms with Crippen molar-refractivity contribution >= 4 is 10.0 Å². The normalized spacial score (nSPS) is 24.3. The third kappa shape index (κ3) is 4.24. The Bertz CT molecular complexity index is 1170. The van der Waals surface area contributed by atoms with Crippen LogP contribution < -0.4 is 0 Å². The second kappa shape index (κ2) is 9.39. The van der Waals surface area contributed by atoms with Crippen LogP contribution >= 0.6 is 0 Å². The maximum absolute atomic E-state index is 13.4. The zero-order valence-electron chi connectivity index (χ0n) is 18.6. The summed E-state index contributed by atoms with van der Waals surface area (Å²) in [5.74, 6) is 0.103. The molecule has 0 amide bonds. The van der Waals surface area contributed by atoms with Gasteiger partial charge in [0.2, 0.25) is 10.0 Å². The fourth-order valence-corrected chi connectivity index (χ4v) is 6.91. The van der Waals surface area contributed by atoms with E-state index in [-0.39, 0.29) is 24.6 Å². The van der Waals surface area contributed by atoms with Gasteiger partial charge in [-0.1, -0.05) is 72.8 Å². The van der Waals surface area contributed by atoms with Gasteiger partial charge >= 0.3 is 0 Å². The van der Waals surface area contributed by atoms with E-state index >= 15 is 0 Å². The maximum atomic E-state index is 13.4. The van der Waals surface area contributed by atoms with Crippen molar-refractivity contribution in [1.29, 1.82) is 0 Å². The second-order valence-corrected chi connectivity index (χ2v) is 10.9. The summed E-state index contributed by atoms with van der Waals surface area (Å²) < 4.78 is 28.4. The Balaban J connectivity index is 1.42. The lowest BCUT2D eigenvalue weighted by Crippen LogP contribution is -2.67. The summed E-state index contributed by atoms with van der Waals surface area (Å²) in [4.78, 5) is 2.65. The molecule has 6 heteroatoms. The Hall–Kier alpha value is -2.51. The maximum Gasteiger partial charge on any atom is 0.243 e. The zero-order chi connectivity index (χ0) is 22.8. The molecule has 0 bridgehead atoms. The van der Waals surface area contributed by atoms with Crippen molar-refractivity contribution in [3.05, 3.63) is 90.5 Å². The molecule has 0 spiro atoms. The summed E-state index contributed by atoms with van der Waals surface area (Å²) >= 11 is 0. The van der Waals surface area contributed by atoms with Crippen LogP contribution in [0.5, 0.6) is 0 Å². The van der Waals surface area contributed by atoms with Crippen LogP contribution in [-0.2, 0) is 10.0 Å². The molecule has 2 aliphatic heterocycles. The number of rotatable bonds is 5. The van der Waals surface area contributed by atoms with E-state index in [4.69, 9.17) is 0 Å². The van der Waals surface area contributed by atoms with Crippen LogP contribution in [0.1, 0.15) is 24.3 Å². The number of benzene rings is 3. The summed E-state index contributed by atoms with van der Waals surface area (Å²) in [6, 6.07) is 27.6. The first-order valence-electron chi connectivity index (χ1n) is 11.7. The number of sulfonamides is 1. The van der Waals surface area contributed by atoms with Gasteiger partial charge in [0, 0.05) is 31.1 Å². The molecule has 5 rings (SSSR count). The quantitative estimate of drug-likeness (QED) is 0.623. The molecule has 2 heterocycles. The van der Waals surface area contributed by atoms with Crippen LogP contribution in [0.4, 0.5) is 0 Å². The van der Waals surface area contributed by atoms with Gasteiger partial charge in [0.15, 0.2) is 0 Å². The molecule has 0 aromatic heterocycles. The lowest BCUT2D eigenvalue weighted by atomic mass is 9.74. The van der Waals surface area contributed by atoms with E-state index in [1.807, 2.05) is 24.3 Å². The van der Waals surface area contributed by atoms with Crippen molar-refractivity contribution < 1.29 is 13.5 Å². The Labute approximate surface area is 196 Å². The van der Waals surface area contributed by atoms with E-state index in [1.165, 1.54) is 5.56 Å². The van der Waals surface area contributed by atoms with Crippen molar-refractivity contribution in [2.45, 2.75) is 35.7 Å². The molecule has 0 unspecified atom stereocenters. The first-order chi connectivity index (χ1) is 16.1. The van der Waals surface area contributed by atoms with Gasteiger partial charge in [-0.15, -0.1) is 0 Å².